The number of aromatic nitrogens is 2. The smallest absolute Gasteiger partial charge is 0.341 e. The van der Waals surface area contributed by atoms with Gasteiger partial charge in [0.15, 0.2) is 0 Å². The molecule has 0 fully saturated rings. The van der Waals surface area contributed by atoms with Gasteiger partial charge in [0, 0.05) is 11.1 Å². The van der Waals surface area contributed by atoms with Crippen molar-refractivity contribution in [2.75, 3.05) is 7.11 Å². The molecule has 5 nitrogen and oxygen atoms in total. The number of aliphatic imine (C=N–C) groups is 1. The molecule has 0 aliphatic rings. The Morgan fingerprint density at radius 3 is 2.15 bits per heavy atom. The summed E-state index contributed by atoms with van der Waals surface area (Å²) in [6.45, 7) is 0. The summed E-state index contributed by atoms with van der Waals surface area (Å²) in [5, 5.41) is 4.25. The van der Waals surface area contributed by atoms with Crippen LogP contribution in [0.3, 0.4) is 0 Å². The molecule has 27 heavy (non-hydrogen) atoms. The molecule has 0 unspecified atom stereocenters. The number of pyridine rings is 1. The third-order valence-corrected chi connectivity index (χ3v) is 4.24. The van der Waals surface area contributed by atoms with E-state index in [1.54, 1.807) is 10.7 Å². The number of methoxy groups -OCH3 is 1. The molecule has 0 radical (unpaired) electrons. The molecule has 4 rings (SSSR count). The molecule has 0 spiro atoms. The zero-order valence-corrected chi connectivity index (χ0v) is 14.7. The number of benzene rings is 2. The average molecular weight is 355 g/mol. The van der Waals surface area contributed by atoms with Gasteiger partial charge < -0.3 is 4.74 Å². The molecular weight excluding hydrogens is 338 g/mol. The summed E-state index contributed by atoms with van der Waals surface area (Å²) in [6.07, 6.45) is 3.30. The normalized spacial score (nSPS) is 10.6. The molecule has 2 aromatic carbocycles. The van der Waals surface area contributed by atoms with E-state index in [1.165, 1.54) is 13.3 Å². The highest BCUT2D eigenvalue weighted by Crippen LogP contribution is 2.21. The topological polar surface area (TPSA) is 56.0 Å². The zero-order valence-electron chi connectivity index (χ0n) is 14.7. The number of hydrogen-bond donors (Lipinski definition) is 0. The van der Waals surface area contributed by atoms with Crippen LogP contribution in [0.15, 0.2) is 90.2 Å². The van der Waals surface area contributed by atoms with Gasteiger partial charge in [-0.15, -0.1) is 0 Å². The van der Waals surface area contributed by atoms with E-state index in [1.807, 2.05) is 72.8 Å². The lowest BCUT2D eigenvalue weighted by Crippen LogP contribution is -2.03. The number of ether oxygens (including phenoxy) is 1. The molecular formula is C22H17N3O2. The van der Waals surface area contributed by atoms with Crippen molar-refractivity contribution in [3.05, 3.63) is 102 Å². The number of fused-ring (bicyclic) bond motifs is 1. The number of esters is 1. The van der Waals surface area contributed by atoms with Crippen LogP contribution in [0.25, 0.3) is 5.52 Å². The fourth-order valence-electron chi connectivity index (χ4n) is 2.92. The van der Waals surface area contributed by atoms with Gasteiger partial charge in [0.05, 0.1) is 36.4 Å². The SMILES string of the molecule is COC(=O)c1cnn2cc(N=C(c3ccccc3)c3ccccc3)ccc12. The van der Waals surface area contributed by atoms with Crippen LogP contribution in [-0.4, -0.2) is 28.4 Å². The minimum atomic E-state index is -0.407. The lowest BCUT2D eigenvalue weighted by atomic mass is 10.0. The second-order valence-corrected chi connectivity index (χ2v) is 5.96. The first kappa shape index (κ1) is 16.7. The van der Waals surface area contributed by atoms with Crippen LogP contribution in [0.2, 0.25) is 0 Å². The Hall–Kier alpha value is -3.73. The molecule has 4 aromatic rings. The van der Waals surface area contributed by atoms with Gasteiger partial charge in [0.25, 0.3) is 0 Å². The fraction of sp³-hybridized carbons (Fsp3) is 0.0455. The van der Waals surface area contributed by atoms with Gasteiger partial charge >= 0.3 is 5.97 Å². The quantitative estimate of drug-likeness (QED) is 0.405. The third-order valence-electron chi connectivity index (χ3n) is 4.24. The molecule has 2 heterocycles. The summed E-state index contributed by atoms with van der Waals surface area (Å²) < 4.78 is 6.43. The van der Waals surface area contributed by atoms with Crippen molar-refractivity contribution in [3.63, 3.8) is 0 Å². The molecule has 5 heteroatoms. The summed E-state index contributed by atoms with van der Waals surface area (Å²) >= 11 is 0. The largest absolute Gasteiger partial charge is 0.465 e. The van der Waals surface area contributed by atoms with Gasteiger partial charge in [-0.25, -0.2) is 14.3 Å². The number of hydrogen-bond acceptors (Lipinski definition) is 4. The number of nitrogens with zero attached hydrogens (tertiary/aromatic N) is 3. The second-order valence-electron chi connectivity index (χ2n) is 5.96. The van der Waals surface area contributed by atoms with E-state index in [2.05, 4.69) is 5.10 Å². The van der Waals surface area contributed by atoms with Gasteiger partial charge in [-0.2, -0.15) is 5.10 Å². The highest BCUT2D eigenvalue weighted by Gasteiger charge is 2.13. The minimum Gasteiger partial charge on any atom is -0.465 e. The summed E-state index contributed by atoms with van der Waals surface area (Å²) in [5.74, 6) is -0.407. The van der Waals surface area contributed by atoms with E-state index in [-0.39, 0.29) is 0 Å². The highest BCUT2D eigenvalue weighted by molar-refractivity contribution is 6.13. The van der Waals surface area contributed by atoms with E-state index < -0.39 is 5.97 Å². The Morgan fingerprint density at radius 2 is 1.56 bits per heavy atom. The first-order valence-electron chi connectivity index (χ1n) is 8.51. The van der Waals surface area contributed by atoms with Crippen molar-refractivity contribution in [1.82, 2.24) is 9.61 Å². The molecule has 132 valence electrons. The van der Waals surface area contributed by atoms with E-state index in [0.717, 1.165) is 22.5 Å². The monoisotopic (exact) mass is 355 g/mol. The predicted molar refractivity (Wildman–Crippen MR) is 105 cm³/mol. The highest BCUT2D eigenvalue weighted by atomic mass is 16.5. The van der Waals surface area contributed by atoms with Crippen LogP contribution < -0.4 is 0 Å². The Kier molecular flexibility index (Phi) is 4.49. The van der Waals surface area contributed by atoms with Crippen molar-refractivity contribution in [2.45, 2.75) is 0 Å². The number of rotatable bonds is 4. The Labute approximate surface area is 156 Å². The van der Waals surface area contributed by atoms with Gasteiger partial charge in [-0.05, 0) is 12.1 Å². The first-order chi connectivity index (χ1) is 13.3. The zero-order chi connectivity index (χ0) is 18.6. The number of carbonyl (C=O) groups excluding carboxylic acids is 1. The Balaban J connectivity index is 1.82. The molecule has 0 bridgehead atoms. The summed E-state index contributed by atoms with van der Waals surface area (Å²) in [6, 6.07) is 23.8. The number of carbonyl (C=O) groups is 1. The maximum Gasteiger partial charge on any atom is 0.341 e. The predicted octanol–water partition coefficient (Wildman–Crippen LogP) is 4.29. The van der Waals surface area contributed by atoms with Gasteiger partial charge in [-0.1, -0.05) is 60.7 Å². The fourth-order valence-corrected chi connectivity index (χ4v) is 2.92. The summed E-state index contributed by atoms with van der Waals surface area (Å²) in [4.78, 5) is 16.7. The third kappa shape index (κ3) is 3.35. The van der Waals surface area contributed by atoms with Crippen LogP contribution in [-0.2, 0) is 4.74 Å². The first-order valence-corrected chi connectivity index (χ1v) is 8.51. The van der Waals surface area contributed by atoms with Crippen LogP contribution in [0.4, 0.5) is 5.69 Å². The maximum absolute atomic E-state index is 11.8. The Morgan fingerprint density at radius 1 is 0.926 bits per heavy atom. The lowest BCUT2D eigenvalue weighted by molar-refractivity contribution is 0.0603. The molecule has 0 aliphatic heterocycles. The van der Waals surface area contributed by atoms with E-state index >= 15 is 0 Å². The van der Waals surface area contributed by atoms with Gasteiger partial charge in [0.2, 0.25) is 0 Å². The van der Waals surface area contributed by atoms with Crippen molar-refractivity contribution < 1.29 is 9.53 Å². The molecule has 0 N–H and O–H groups in total. The van der Waals surface area contributed by atoms with Crippen LogP contribution in [0.1, 0.15) is 21.5 Å². The standard InChI is InChI=1S/C22H17N3O2/c1-27-22(26)19-14-23-25-15-18(12-13-20(19)25)24-21(16-8-4-2-5-9-16)17-10-6-3-7-11-17/h2-15H,1H3. The van der Waals surface area contributed by atoms with E-state index in [0.29, 0.717) is 11.1 Å². The van der Waals surface area contributed by atoms with Crippen molar-refractivity contribution in [2.24, 2.45) is 4.99 Å². The van der Waals surface area contributed by atoms with Crippen LogP contribution in [0.5, 0.6) is 0 Å². The molecule has 0 saturated heterocycles. The lowest BCUT2D eigenvalue weighted by Gasteiger charge is -2.08. The summed E-state index contributed by atoms with van der Waals surface area (Å²) in [5.41, 5.74) is 4.78. The molecule has 0 aliphatic carbocycles. The van der Waals surface area contributed by atoms with Crippen LogP contribution in [0, 0.1) is 0 Å². The van der Waals surface area contributed by atoms with E-state index in [4.69, 9.17) is 9.73 Å². The molecule has 0 atom stereocenters. The Bertz CT molecular complexity index is 1070. The molecule has 2 aromatic heterocycles. The van der Waals surface area contributed by atoms with Gasteiger partial charge in [0.1, 0.15) is 5.56 Å². The molecule has 0 amide bonds. The average Bonchev–Trinajstić information content (AvgIpc) is 3.16. The van der Waals surface area contributed by atoms with Crippen molar-refractivity contribution >= 4 is 22.9 Å². The second kappa shape index (κ2) is 7.25. The molecule has 0 saturated carbocycles. The van der Waals surface area contributed by atoms with Crippen LogP contribution >= 0.6 is 0 Å². The van der Waals surface area contributed by atoms with E-state index in [9.17, 15) is 4.79 Å². The van der Waals surface area contributed by atoms with Gasteiger partial charge in [-0.3, -0.25) is 0 Å². The summed E-state index contributed by atoms with van der Waals surface area (Å²) in [7, 11) is 1.36. The van der Waals surface area contributed by atoms with Crippen molar-refractivity contribution in [3.8, 4) is 0 Å². The van der Waals surface area contributed by atoms with Crippen molar-refractivity contribution in [1.29, 1.82) is 0 Å². The minimum absolute atomic E-state index is 0.407. The maximum atomic E-state index is 11.8.